The molecular formula is C12H17F3N2OS. The number of carbonyl (C=O) groups is 1. The predicted octanol–water partition coefficient (Wildman–Crippen LogP) is 2.76. The second-order valence-corrected chi connectivity index (χ2v) is 5.84. The summed E-state index contributed by atoms with van der Waals surface area (Å²) in [7, 11) is 0. The van der Waals surface area contributed by atoms with Crippen LogP contribution in [0.5, 0.6) is 0 Å². The molecule has 0 aliphatic rings. The summed E-state index contributed by atoms with van der Waals surface area (Å²) in [5, 5.41) is 1.81. The first kappa shape index (κ1) is 16.0. The highest BCUT2D eigenvalue weighted by Crippen LogP contribution is 2.30. The molecule has 1 heterocycles. The van der Waals surface area contributed by atoms with Crippen LogP contribution < -0.4 is 5.73 Å². The second-order valence-electron chi connectivity index (χ2n) is 4.81. The number of amides is 1. The highest BCUT2D eigenvalue weighted by molar-refractivity contribution is 7.09. The van der Waals surface area contributed by atoms with Gasteiger partial charge in [-0.15, -0.1) is 11.3 Å². The van der Waals surface area contributed by atoms with Gasteiger partial charge in [0, 0.05) is 10.9 Å². The topological polar surface area (TPSA) is 46.3 Å². The maximum absolute atomic E-state index is 12.8. The van der Waals surface area contributed by atoms with Gasteiger partial charge >= 0.3 is 6.18 Å². The highest BCUT2D eigenvalue weighted by atomic mass is 32.1. The Bertz CT molecular complexity index is 427. The van der Waals surface area contributed by atoms with Crippen LogP contribution in [0.2, 0.25) is 0 Å². The van der Waals surface area contributed by atoms with E-state index in [9.17, 15) is 18.0 Å². The number of hydrogen-bond donors (Lipinski definition) is 1. The number of rotatable bonds is 4. The molecule has 0 aliphatic heterocycles. The minimum Gasteiger partial charge on any atom is -0.333 e. The number of halogens is 3. The van der Waals surface area contributed by atoms with E-state index in [1.54, 1.807) is 26.0 Å². The van der Waals surface area contributed by atoms with E-state index >= 15 is 0 Å². The molecule has 0 bridgehead atoms. The number of alkyl halides is 3. The monoisotopic (exact) mass is 294 g/mol. The van der Waals surface area contributed by atoms with Crippen molar-refractivity contribution in [2.75, 3.05) is 0 Å². The average Bonchev–Trinajstić information content (AvgIpc) is 2.75. The van der Waals surface area contributed by atoms with Crippen LogP contribution in [0.1, 0.15) is 25.6 Å². The fourth-order valence-electron chi connectivity index (χ4n) is 1.48. The number of nitrogens with zero attached hydrogens (tertiary/aromatic N) is 1. The first-order valence-electron chi connectivity index (χ1n) is 5.76. The van der Waals surface area contributed by atoms with Crippen molar-refractivity contribution < 1.29 is 18.0 Å². The molecule has 1 rings (SSSR count). The predicted molar refractivity (Wildman–Crippen MR) is 68.7 cm³/mol. The van der Waals surface area contributed by atoms with Gasteiger partial charge in [-0.3, -0.25) is 4.79 Å². The summed E-state index contributed by atoms with van der Waals surface area (Å²) in [6.07, 6.45) is -4.77. The third kappa shape index (κ3) is 3.48. The smallest absolute Gasteiger partial charge is 0.333 e. The van der Waals surface area contributed by atoms with E-state index in [0.29, 0.717) is 6.92 Å². The van der Waals surface area contributed by atoms with E-state index in [1.165, 1.54) is 11.3 Å². The van der Waals surface area contributed by atoms with Crippen molar-refractivity contribution >= 4 is 17.2 Å². The van der Waals surface area contributed by atoms with Gasteiger partial charge in [-0.05, 0) is 32.2 Å². The number of hydrogen-bond acceptors (Lipinski definition) is 3. The first-order chi connectivity index (χ1) is 8.57. The normalized spacial score (nSPS) is 15.4. The van der Waals surface area contributed by atoms with Gasteiger partial charge in [0.25, 0.3) is 5.91 Å². The van der Waals surface area contributed by atoms with E-state index in [1.807, 2.05) is 5.38 Å². The summed E-state index contributed by atoms with van der Waals surface area (Å²) in [5.41, 5.74) is 2.33. The van der Waals surface area contributed by atoms with Gasteiger partial charge in [-0.1, -0.05) is 6.07 Å². The van der Waals surface area contributed by atoms with Crippen LogP contribution in [0.25, 0.3) is 0 Å². The van der Waals surface area contributed by atoms with Crippen molar-refractivity contribution in [1.29, 1.82) is 0 Å². The summed E-state index contributed by atoms with van der Waals surface area (Å²) < 4.78 is 38.4. The summed E-state index contributed by atoms with van der Waals surface area (Å²) in [4.78, 5) is 14.0. The molecule has 0 aromatic carbocycles. The molecule has 0 radical (unpaired) electrons. The zero-order valence-electron chi connectivity index (χ0n) is 11.0. The molecular weight excluding hydrogens is 277 g/mol. The largest absolute Gasteiger partial charge is 0.415 e. The lowest BCUT2D eigenvalue weighted by molar-refractivity contribution is -0.195. The molecule has 1 aromatic rings. The Morgan fingerprint density at radius 1 is 1.47 bits per heavy atom. The molecule has 2 N–H and O–H groups in total. The van der Waals surface area contributed by atoms with Crippen molar-refractivity contribution in [3.63, 3.8) is 0 Å². The minimum atomic E-state index is -4.77. The lowest BCUT2D eigenvalue weighted by Gasteiger charge is -2.35. The molecule has 7 heteroatoms. The molecule has 0 fully saturated rings. The Hall–Kier alpha value is -1.08. The van der Waals surface area contributed by atoms with Crippen LogP contribution in [0, 0.1) is 0 Å². The number of nitrogens with two attached hydrogens (primary N) is 1. The molecule has 1 unspecified atom stereocenters. The van der Waals surface area contributed by atoms with Crippen molar-refractivity contribution in [1.82, 2.24) is 4.90 Å². The van der Waals surface area contributed by atoms with E-state index in [-0.39, 0.29) is 12.6 Å². The van der Waals surface area contributed by atoms with E-state index in [2.05, 4.69) is 0 Å². The Kier molecular flexibility index (Phi) is 4.63. The number of thiophene rings is 1. The standard InChI is InChI=1S/C12H17F3N2OS/c1-8(2)17(7-9-5-4-6-19-9)10(18)11(3,16)12(13,14)15/h4-6,8H,7,16H2,1-3H3. The minimum absolute atomic E-state index is 0.136. The zero-order valence-corrected chi connectivity index (χ0v) is 11.8. The van der Waals surface area contributed by atoms with Crippen molar-refractivity contribution in [2.24, 2.45) is 5.73 Å². The molecule has 0 saturated heterocycles. The SMILES string of the molecule is CC(C)N(Cc1cccs1)C(=O)C(C)(N)C(F)(F)F. The molecule has 3 nitrogen and oxygen atoms in total. The molecule has 1 aromatic heterocycles. The van der Waals surface area contributed by atoms with Gasteiger partial charge in [0.15, 0.2) is 5.54 Å². The highest BCUT2D eigenvalue weighted by Gasteiger charge is 2.55. The van der Waals surface area contributed by atoms with Gasteiger partial charge in [0.2, 0.25) is 0 Å². The van der Waals surface area contributed by atoms with E-state index in [4.69, 9.17) is 5.73 Å². The van der Waals surface area contributed by atoms with Gasteiger partial charge < -0.3 is 10.6 Å². The van der Waals surface area contributed by atoms with E-state index in [0.717, 1.165) is 9.78 Å². The summed E-state index contributed by atoms with van der Waals surface area (Å²) in [5.74, 6) is -1.11. The summed E-state index contributed by atoms with van der Waals surface area (Å²) in [6.45, 7) is 4.17. The van der Waals surface area contributed by atoms with Crippen LogP contribution in [-0.4, -0.2) is 28.6 Å². The molecule has 1 amide bonds. The van der Waals surface area contributed by atoms with Crippen LogP contribution in [-0.2, 0) is 11.3 Å². The van der Waals surface area contributed by atoms with Gasteiger partial charge in [0.05, 0.1) is 6.54 Å². The molecule has 1 atom stereocenters. The summed E-state index contributed by atoms with van der Waals surface area (Å²) in [6, 6.07) is 3.20. The molecule has 0 spiro atoms. The quantitative estimate of drug-likeness (QED) is 0.928. The van der Waals surface area contributed by atoms with Crippen molar-refractivity contribution in [2.45, 2.75) is 45.1 Å². The maximum atomic E-state index is 12.8. The Balaban J connectivity index is 2.97. The van der Waals surface area contributed by atoms with Crippen LogP contribution >= 0.6 is 11.3 Å². The summed E-state index contributed by atoms with van der Waals surface area (Å²) >= 11 is 1.39. The molecule has 0 aliphatic carbocycles. The Labute approximate surface area is 114 Å². The molecule has 19 heavy (non-hydrogen) atoms. The van der Waals surface area contributed by atoms with Gasteiger partial charge in [0.1, 0.15) is 0 Å². The molecule has 108 valence electrons. The second kappa shape index (κ2) is 5.50. The average molecular weight is 294 g/mol. The lowest BCUT2D eigenvalue weighted by atomic mass is 10.0. The van der Waals surface area contributed by atoms with Crippen LogP contribution in [0.15, 0.2) is 17.5 Å². The third-order valence-corrected chi connectivity index (χ3v) is 3.68. The van der Waals surface area contributed by atoms with Crippen LogP contribution in [0.3, 0.4) is 0 Å². The van der Waals surface area contributed by atoms with Gasteiger partial charge in [-0.2, -0.15) is 13.2 Å². The molecule has 0 saturated carbocycles. The first-order valence-corrected chi connectivity index (χ1v) is 6.64. The Morgan fingerprint density at radius 2 is 2.05 bits per heavy atom. The third-order valence-electron chi connectivity index (χ3n) is 2.82. The van der Waals surface area contributed by atoms with E-state index < -0.39 is 17.6 Å². The van der Waals surface area contributed by atoms with Crippen molar-refractivity contribution in [3.8, 4) is 0 Å². The lowest BCUT2D eigenvalue weighted by Crippen LogP contribution is -2.63. The van der Waals surface area contributed by atoms with Gasteiger partial charge in [-0.25, -0.2) is 0 Å². The van der Waals surface area contributed by atoms with Crippen molar-refractivity contribution in [3.05, 3.63) is 22.4 Å². The fourth-order valence-corrected chi connectivity index (χ4v) is 2.18. The maximum Gasteiger partial charge on any atom is 0.415 e. The van der Waals surface area contributed by atoms with Crippen LogP contribution in [0.4, 0.5) is 13.2 Å². The Morgan fingerprint density at radius 3 is 2.42 bits per heavy atom. The fraction of sp³-hybridized carbons (Fsp3) is 0.583. The number of carbonyl (C=O) groups excluding carboxylic acids is 1. The zero-order chi connectivity index (χ0) is 14.8.